The molecule has 2 heterocycles. The fourth-order valence-corrected chi connectivity index (χ4v) is 3.48. The lowest BCUT2D eigenvalue weighted by molar-refractivity contribution is -0.115. The van der Waals surface area contributed by atoms with Gasteiger partial charge in [0.1, 0.15) is 5.75 Å². The highest BCUT2D eigenvalue weighted by Gasteiger charge is 2.22. The number of furan rings is 1. The van der Waals surface area contributed by atoms with Crippen LogP contribution in [0.2, 0.25) is 0 Å². The average Bonchev–Trinajstić information content (AvgIpc) is 3.32. The second-order valence-electron chi connectivity index (χ2n) is 6.77. The summed E-state index contributed by atoms with van der Waals surface area (Å²) >= 11 is 1.38. The smallest absolute Gasteiger partial charge is 0.237 e. The van der Waals surface area contributed by atoms with Gasteiger partial charge in [0, 0.05) is 12.2 Å². The second-order valence-corrected chi connectivity index (χ2v) is 8.07. The number of hydrogen-bond donors (Lipinski definition) is 1. The van der Waals surface area contributed by atoms with Crippen molar-refractivity contribution in [1.82, 2.24) is 14.8 Å². The SMILES string of the molecule is COc1ccc(NC(=O)[C@H](C)Sc2nnc(-c3ccco3)n2CC(C)C)cc1. The normalized spacial score (nSPS) is 12.2. The van der Waals surface area contributed by atoms with Crippen molar-refractivity contribution in [2.75, 3.05) is 12.4 Å². The van der Waals surface area contributed by atoms with Gasteiger partial charge in [0.05, 0.1) is 18.6 Å². The van der Waals surface area contributed by atoms with Gasteiger partial charge in [0.15, 0.2) is 16.7 Å². The lowest BCUT2D eigenvalue weighted by atomic mass is 10.2. The minimum Gasteiger partial charge on any atom is -0.497 e. The Morgan fingerprint density at radius 2 is 1.96 bits per heavy atom. The summed E-state index contributed by atoms with van der Waals surface area (Å²) in [5.74, 6) is 2.37. The number of aromatic nitrogens is 3. The molecule has 1 aromatic carbocycles. The number of nitrogens with one attached hydrogen (secondary N) is 1. The van der Waals surface area contributed by atoms with E-state index in [9.17, 15) is 4.79 Å². The largest absolute Gasteiger partial charge is 0.497 e. The van der Waals surface area contributed by atoms with Crippen LogP contribution in [-0.2, 0) is 11.3 Å². The molecule has 0 radical (unpaired) electrons. The Labute approximate surface area is 168 Å². The molecule has 0 aliphatic rings. The molecule has 0 bridgehead atoms. The Bertz CT molecular complexity index is 904. The maximum absolute atomic E-state index is 12.6. The molecule has 3 rings (SSSR count). The van der Waals surface area contributed by atoms with Crippen molar-refractivity contribution in [3.8, 4) is 17.3 Å². The van der Waals surface area contributed by atoms with Crippen molar-refractivity contribution in [3.63, 3.8) is 0 Å². The molecule has 0 aliphatic heterocycles. The topological polar surface area (TPSA) is 82.2 Å². The van der Waals surface area contributed by atoms with Crippen LogP contribution in [0.25, 0.3) is 11.6 Å². The molecule has 0 fully saturated rings. The van der Waals surface area contributed by atoms with E-state index in [0.717, 1.165) is 18.0 Å². The highest BCUT2D eigenvalue weighted by molar-refractivity contribution is 8.00. The maximum atomic E-state index is 12.6. The Balaban J connectivity index is 1.73. The molecule has 148 valence electrons. The first-order valence-electron chi connectivity index (χ1n) is 9.06. The van der Waals surface area contributed by atoms with Gasteiger partial charge in [-0.2, -0.15) is 0 Å². The number of rotatable bonds is 8. The second kappa shape index (κ2) is 8.97. The summed E-state index contributed by atoms with van der Waals surface area (Å²) in [6.07, 6.45) is 1.61. The molecular formula is C20H24N4O3S. The van der Waals surface area contributed by atoms with Crippen LogP contribution in [0.15, 0.2) is 52.2 Å². The summed E-state index contributed by atoms with van der Waals surface area (Å²) < 4.78 is 12.6. The van der Waals surface area contributed by atoms with Crippen LogP contribution in [0, 0.1) is 5.92 Å². The number of nitrogens with zero attached hydrogens (tertiary/aromatic N) is 3. The zero-order valence-corrected chi connectivity index (χ0v) is 17.2. The summed E-state index contributed by atoms with van der Waals surface area (Å²) in [4.78, 5) is 12.6. The van der Waals surface area contributed by atoms with Gasteiger partial charge in [-0.05, 0) is 49.2 Å². The number of ether oxygens (including phenoxy) is 1. The fraction of sp³-hybridized carbons (Fsp3) is 0.350. The van der Waals surface area contributed by atoms with E-state index in [0.29, 0.717) is 22.7 Å². The van der Waals surface area contributed by atoms with Crippen LogP contribution >= 0.6 is 11.8 Å². The van der Waals surface area contributed by atoms with Crippen molar-refractivity contribution >= 4 is 23.4 Å². The van der Waals surface area contributed by atoms with E-state index >= 15 is 0 Å². The van der Waals surface area contributed by atoms with Crippen molar-refractivity contribution in [1.29, 1.82) is 0 Å². The fourth-order valence-electron chi connectivity index (χ4n) is 2.62. The van der Waals surface area contributed by atoms with Gasteiger partial charge in [0.25, 0.3) is 0 Å². The van der Waals surface area contributed by atoms with Crippen LogP contribution in [0.4, 0.5) is 5.69 Å². The molecule has 0 saturated carbocycles. The molecule has 28 heavy (non-hydrogen) atoms. The third-order valence-corrected chi connectivity index (χ3v) is 5.10. The maximum Gasteiger partial charge on any atom is 0.237 e. The third-order valence-electron chi connectivity index (χ3n) is 4.02. The van der Waals surface area contributed by atoms with E-state index in [1.54, 1.807) is 13.4 Å². The molecule has 1 N–H and O–H groups in total. The Kier molecular flexibility index (Phi) is 6.41. The highest BCUT2D eigenvalue weighted by atomic mass is 32.2. The molecule has 0 aliphatic carbocycles. The van der Waals surface area contributed by atoms with E-state index in [-0.39, 0.29) is 11.2 Å². The summed E-state index contributed by atoms with van der Waals surface area (Å²) in [5.41, 5.74) is 0.721. The molecular weight excluding hydrogens is 376 g/mol. The minimum atomic E-state index is -0.346. The monoisotopic (exact) mass is 400 g/mol. The number of methoxy groups -OCH3 is 1. The Morgan fingerprint density at radius 3 is 2.57 bits per heavy atom. The number of benzene rings is 1. The number of amides is 1. The first-order chi connectivity index (χ1) is 13.5. The molecule has 1 atom stereocenters. The zero-order chi connectivity index (χ0) is 20.1. The third kappa shape index (κ3) is 4.75. The number of carbonyl (C=O) groups is 1. The number of anilines is 1. The van der Waals surface area contributed by atoms with Gasteiger partial charge < -0.3 is 14.5 Å². The van der Waals surface area contributed by atoms with Crippen LogP contribution in [0.5, 0.6) is 5.75 Å². The summed E-state index contributed by atoms with van der Waals surface area (Å²) in [6.45, 7) is 6.84. The summed E-state index contributed by atoms with van der Waals surface area (Å²) in [6, 6.07) is 10.9. The molecule has 8 heteroatoms. The quantitative estimate of drug-likeness (QED) is 0.567. The summed E-state index contributed by atoms with van der Waals surface area (Å²) in [5, 5.41) is 11.8. The van der Waals surface area contributed by atoms with Gasteiger partial charge in [-0.25, -0.2) is 0 Å². The molecule has 0 unspecified atom stereocenters. The van der Waals surface area contributed by atoms with Crippen LogP contribution < -0.4 is 10.1 Å². The number of thioether (sulfide) groups is 1. The van der Waals surface area contributed by atoms with Crippen LogP contribution in [0.1, 0.15) is 20.8 Å². The number of carbonyl (C=O) groups excluding carboxylic acids is 1. The highest BCUT2D eigenvalue weighted by Crippen LogP contribution is 2.28. The predicted octanol–water partition coefficient (Wildman–Crippen LogP) is 4.32. The lowest BCUT2D eigenvalue weighted by Crippen LogP contribution is -2.23. The van der Waals surface area contributed by atoms with E-state index in [2.05, 4.69) is 29.4 Å². The van der Waals surface area contributed by atoms with Crippen molar-refractivity contribution in [2.45, 2.75) is 37.7 Å². The van der Waals surface area contributed by atoms with Gasteiger partial charge in [-0.15, -0.1) is 10.2 Å². The average molecular weight is 401 g/mol. The lowest BCUT2D eigenvalue weighted by Gasteiger charge is -2.14. The Hall–Kier alpha value is -2.74. The zero-order valence-electron chi connectivity index (χ0n) is 16.4. The van der Waals surface area contributed by atoms with E-state index < -0.39 is 0 Å². The first kappa shape index (κ1) is 20.0. The molecule has 0 spiro atoms. The standard InChI is InChI=1S/C20H24N4O3S/c1-13(2)12-24-18(17-6-5-11-27-17)22-23-20(24)28-14(3)19(25)21-15-7-9-16(26-4)10-8-15/h5-11,13-14H,12H2,1-4H3,(H,21,25)/t14-/m0/s1. The molecule has 2 aromatic heterocycles. The van der Waals surface area contributed by atoms with Crippen molar-refractivity contribution in [3.05, 3.63) is 42.7 Å². The molecule has 7 nitrogen and oxygen atoms in total. The van der Waals surface area contributed by atoms with E-state index in [1.165, 1.54) is 11.8 Å². The predicted molar refractivity (Wildman–Crippen MR) is 110 cm³/mol. The Morgan fingerprint density at radius 1 is 1.21 bits per heavy atom. The van der Waals surface area contributed by atoms with Gasteiger partial charge in [0.2, 0.25) is 5.91 Å². The van der Waals surface area contributed by atoms with Gasteiger partial charge in [-0.1, -0.05) is 25.6 Å². The van der Waals surface area contributed by atoms with Crippen molar-refractivity contribution in [2.24, 2.45) is 5.92 Å². The van der Waals surface area contributed by atoms with Crippen molar-refractivity contribution < 1.29 is 13.9 Å². The molecule has 3 aromatic rings. The number of hydrogen-bond acceptors (Lipinski definition) is 6. The first-order valence-corrected chi connectivity index (χ1v) is 9.94. The van der Waals surface area contributed by atoms with E-state index in [4.69, 9.17) is 9.15 Å². The van der Waals surface area contributed by atoms with Gasteiger partial charge in [-0.3, -0.25) is 9.36 Å². The minimum absolute atomic E-state index is 0.103. The van der Waals surface area contributed by atoms with Crippen LogP contribution in [0.3, 0.4) is 0 Å². The van der Waals surface area contributed by atoms with E-state index in [1.807, 2.05) is 47.9 Å². The van der Waals surface area contributed by atoms with Crippen LogP contribution in [-0.4, -0.2) is 33.0 Å². The van der Waals surface area contributed by atoms with Gasteiger partial charge >= 0.3 is 0 Å². The molecule has 0 saturated heterocycles. The summed E-state index contributed by atoms with van der Waals surface area (Å²) in [7, 11) is 1.61. The molecule has 1 amide bonds.